The van der Waals surface area contributed by atoms with Gasteiger partial charge >= 0.3 is 6.03 Å². The molecular weight excluding hydrogens is 276 g/mol. The number of hydrogen-bond acceptors (Lipinski definition) is 2. The van der Waals surface area contributed by atoms with Gasteiger partial charge in [-0.2, -0.15) is 0 Å². The number of hydrogen-bond donors (Lipinski definition) is 3. The molecular formula is C15H15ClN2O2. The molecule has 3 N–H and O–H groups in total. The molecule has 0 aromatic heterocycles. The lowest BCUT2D eigenvalue weighted by Gasteiger charge is -2.10. The number of nitrogens with one attached hydrogen (secondary N) is 2. The quantitative estimate of drug-likeness (QED) is 0.755. The molecule has 4 nitrogen and oxygen atoms in total. The van der Waals surface area contributed by atoms with Gasteiger partial charge in [0.25, 0.3) is 0 Å². The first-order valence-corrected chi connectivity index (χ1v) is 6.52. The number of carbonyl (C=O) groups excluding carboxylic acids is 1. The van der Waals surface area contributed by atoms with Crippen LogP contribution in [0.2, 0.25) is 5.02 Å². The molecule has 0 spiro atoms. The van der Waals surface area contributed by atoms with Crippen molar-refractivity contribution in [3.05, 3.63) is 58.6 Å². The van der Waals surface area contributed by atoms with Crippen molar-refractivity contribution in [3.63, 3.8) is 0 Å². The van der Waals surface area contributed by atoms with E-state index < -0.39 is 0 Å². The molecule has 2 amide bonds. The van der Waals surface area contributed by atoms with Gasteiger partial charge < -0.3 is 15.7 Å². The van der Waals surface area contributed by atoms with Crippen molar-refractivity contribution in [1.82, 2.24) is 5.32 Å². The average molecular weight is 291 g/mol. The normalized spacial score (nSPS) is 10.1. The van der Waals surface area contributed by atoms with E-state index in [1.54, 1.807) is 6.07 Å². The summed E-state index contributed by atoms with van der Waals surface area (Å²) in [5, 5.41) is 14.9. The average Bonchev–Trinajstić information content (AvgIpc) is 2.42. The van der Waals surface area contributed by atoms with E-state index in [1.807, 2.05) is 31.2 Å². The van der Waals surface area contributed by atoms with Gasteiger partial charge in [0.2, 0.25) is 0 Å². The highest BCUT2D eigenvalue weighted by Gasteiger charge is 2.05. The van der Waals surface area contributed by atoms with Crippen LogP contribution in [0.4, 0.5) is 10.5 Å². The van der Waals surface area contributed by atoms with Crippen LogP contribution >= 0.6 is 11.6 Å². The number of aromatic hydroxyl groups is 1. The van der Waals surface area contributed by atoms with Crippen molar-refractivity contribution in [2.45, 2.75) is 13.5 Å². The van der Waals surface area contributed by atoms with Crippen LogP contribution < -0.4 is 10.6 Å². The SMILES string of the molecule is Cc1ccccc1CNC(=O)Nc1ccc(O)c(Cl)c1. The summed E-state index contributed by atoms with van der Waals surface area (Å²) >= 11 is 5.77. The lowest BCUT2D eigenvalue weighted by atomic mass is 10.1. The lowest BCUT2D eigenvalue weighted by molar-refractivity contribution is 0.251. The van der Waals surface area contributed by atoms with Crippen molar-refractivity contribution >= 4 is 23.3 Å². The number of amides is 2. The number of phenolic OH excluding ortho intramolecular Hbond substituents is 1. The summed E-state index contributed by atoms with van der Waals surface area (Å²) in [6.07, 6.45) is 0. The largest absolute Gasteiger partial charge is 0.506 e. The molecule has 0 aliphatic carbocycles. The molecule has 0 aliphatic rings. The Kier molecular flexibility index (Phi) is 4.48. The molecule has 2 aromatic rings. The first kappa shape index (κ1) is 14.2. The van der Waals surface area contributed by atoms with Crippen LogP contribution in [0.25, 0.3) is 0 Å². The summed E-state index contributed by atoms with van der Waals surface area (Å²) in [5.74, 6) is -0.0162. The standard InChI is InChI=1S/C15H15ClN2O2/c1-10-4-2-3-5-11(10)9-17-15(20)18-12-6-7-14(19)13(16)8-12/h2-8,19H,9H2,1H3,(H2,17,18,20). The van der Waals surface area contributed by atoms with E-state index in [0.29, 0.717) is 12.2 Å². The zero-order valence-electron chi connectivity index (χ0n) is 11.0. The molecule has 104 valence electrons. The summed E-state index contributed by atoms with van der Waals surface area (Å²) in [4.78, 5) is 11.8. The Hall–Kier alpha value is -2.20. The van der Waals surface area contributed by atoms with Gasteiger partial charge in [0.1, 0.15) is 5.75 Å². The number of urea groups is 1. The Morgan fingerprint density at radius 3 is 2.70 bits per heavy atom. The number of halogens is 1. The third-order valence-corrected chi connectivity index (χ3v) is 3.21. The second-order valence-corrected chi connectivity index (χ2v) is 4.81. The second kappa shape index (κ2) is 6.30. The highest BCUT2D eigenvalue weighted by Crippen LogP contribution is 2.25. The molecule has 2 aromatic carbocycles. The molecule has 0 unspecified atom stereocenters. The molecule has 2 rings (SSSR count). The number of benzene rings is 2. The highest BCUT2D eigenvalue weighted by atomic mass is 35.5. The minimum atomic E-state index is -0.324. The predicted molar refractivity (Wildman–Crippen MR) is 80.2 cm³/mol. The first-order chi connectivity index (χ1) is 9.56. The molecule has 0 aliphatic heterocycles. The van der Waals surface area contributed by atoms with Crippen LogP contribution in [0.1, 0.15) is 11.1 Å². The number of aryl methyl sites for hydroxylation is 1. The maximum absolute atomic E-state index is 11.8. The van der Waals surface area contributed by atoms with Crippen molar-refractivity contribution in [2.24, 2.45) is 0 Å². The van der Waals surface area contributed by atoms with Crippen LogP contribution in [-0.2, 0) is 6.54 Å². The molecule has 5 heteroatoms. The molecule has 0 saturated heterocycles. The summed E-state index contributed by atoms with van der Waals surface area (Å²) in [5.41, 5.74) is 2.71. The Morgan fingerprint density at radius 2 is 2.00 bits per heavy atom. The number of carbonyl (C=O) groups is 1. The van der Waals surface area contributed by atoms with Gasteiger partial charge in [-0.15, -0.1) is 0 Å². The molecule has 0 fully saturated rings. The minimum Gasteiger partial charge on any atom is -0.506 e. The van der Waals surface area contributed by atoms with Crippen molar-refractivity contribution < 1.29 is 9.90 Å². The molecule has 0 heterocycles. The van der Waals surface area contributed by atoms with Gasteiger partial charge in [-0.05, 0) is 36.2 Å². The van der Waals surface area contributed by atoms with Crippen LogP contribution in [-0.4, -0.2) is 11.1 Å². The van der Waals surface area contributed by atoms with Crippen LogP contribution in [0.15, 0.2) is 42.5 Å². The summed E-state index contributed by atoms with van der Waals surface area (Å²) in [6, 6.07) is 12.0. The second-order valence-electron chi connectivity index (χ2n) is 4.40. The third kappa shape index (κ3) is 3.65. The van der Waals surface area contributed by atoms with E-state index in [-0.39, 0.29) is 16.8 Å². The molecule has 20 heavy (non-hydrogen) atoms. The Balaban J connectivity index is 1.93. The van der Waals surface area contributed by atoms with Gasteiger partial charge in [-0.1, -0.05) is 35.9 Å². The third-order valence-electron chi connectivity index (χ3n) is 2.91. The number of anilines is 1. The fourth-order valence-electron chi connectivity index (χ4n) is 1.74. The van der Waals surface area contributed by atoms with E-state index in [0.717, 1.165) is 11.1 Å². The molecule has 0 saturated carbocycles. The monoisotopic (exact) mass is 290 g/mol. The zero-order valence-corrected chi connectivity index (χ0v) is 11.7. The van der Waals surface area contributed by atoms with E-state index in [9.17, 15) is 9.90 Å². The fraction of sp³-hybridized carbons (Fsp3) is 0.133. The Morgan fingerprint density at radius 1 is 1.25 bits per heavy atom. The Bertz CT molecular complexity index is 629. The Labute approximate surface area is 122 Å². The molecule has 0 bridgehead atoms. The van der Waals surface area contributed by atoms with Gasteiger partial charge in [-0.25, -0.2) is 4.79 Å². The van der Waals surface area contributed by atoms with Gasteiger partial charge in [-0.3, -0.25) is 0 Å². The smallest absolute Gasteiger partial charge is 0.319 e. The van der Waals surface area contributed by atoms with Crippen LogP contribution in [0, 0.1) is 6.92 Å². The summed E-state index contributed by atoms with van der Waals surface area (Å²) in [7, 11) is 0. The highest BCUT2D eigenvalue weighted by molar-refractivity contribution is 6.32. The maximum atomic E-state index is 11.8. The van der Waals surface area contributed by atoms with Gasteiger partial charge in [0.05, 0.1) is 5.02 Å². The first-order valence-electron chi connectivity index (χ1n) is 6.14. The topological polar surface area (TPSA) is 61.4 Å². The zero-order chi connectivity index (χ0) is 14.5. The predicted octanol–water partition coefficient (Wildman–Crippen LogP) is 3.68. The summed E-state index contributed by atoms with van der Waals surface area (Å²) in [6.45, 7) is 2.44. The van der Waals surface area contributed by atoms with Crippen LogP contribution in [0.5, 0.6) is 5.75 Å². The van der Waals surface area contributed by atoms with E-state index in [4.69, 9.17) is 11.6 Å². The fourth-order valence-corrected chi connectivity index (χ4v) is 1.92. The summed E-state index contributed by atoms with van der Waals surface area (Å²) < 4.78 is 0. The minimum absolute atomic E-state index is 0.0162. The number of rotatable bonds is 3. The van der Waals surface area contributed by atoms with Gasteiger partial charge in [0, 0.05) is 12.2 Å². The molecule has 0 radical (unpaired) electrons. The van der Waals surface area contributed by atoms with E-state index in [1.165, 1.54) is 12.1 Å². The van der Waals surface area contributed by atoms with Crippen molar-refractivity contribution in [1.29, 1.82) is 0 Å². The van der Waals surface area contributed by atoms with Crippen LogP contribution in [0.3, 0.4) is 0 Å². The van der Waals surface area contributed by atoms with Crippen molar-refractivity contribution in [3.8, 4) is 5.75 Å². The van der Waals surface area contributed by atoms with E-state index in [2.05, 4.69) is 10.6 Å². The number of phenols is 1. The lowest BCUT2D eigenvalue weighted by Crippen LogP contribution is -2.28. The van der Waals surface area contributed by atoms with E-state index >= 15 is 0 Å². The maximum Gasteiger partial charge on any atom is 0.319 e. The van der Waals surface area contributed by atoms with Crippen molar-refractivity contribution in [2.75, 3.05) is 5.32 Å². The molecule has 0 atom stereocenters. The van der Waals surface area contributed by atoms with Gasteiger partial charge in [0.15, 0.2) is 0 Å².